The molecule has 0 saturated heterocycles. The molecule has 2 heterocycles. The number of hydrogen-bond acceptors (Lipinski definition) is 4. The third-order valence-corrected chi connectivity index (χ3v) is 3.06. The summed E-state index contributed by atoms with van der Waals surface area (Å²) in [6.07, 6.45) is 9.93. The number of rotatable bonds is 4. The Morgan fingerprint density at radius 1 is 1.61 bits per heavy atom. The van der Waals surface area contributed by atoms with Gasteiger partial charge in [-0.2, -0.15) is 5.10 Å². The fraction of sp³-hybridized carbons (Fsp3) is 0.167. The number of furan rings is 1. The van der Waals surface area contributed by atoms with Gasteiger partial charge in [0.15, 0.2) is 0 Å². The standard InChI is InChI=1S/C12H10BrN3O2/c1-2-4-16-12(17)11(13)10(7-15-16)14-6-9-3-5-18-8-9/h1,3,5,7-8,14H,4,6H2. The monoisotopic (exact) mass is 307 g/mol. The van der Waals surface area contributed by atoms with Gasteiger partial charge in [0, 0.05) is 12.1 Å². The zero-order valence-corrected chi connectivity index (χ0v) is 11.0. The first-order valence-corrected chi connectivity index (χ1v) is 5.95. The first-order valence-electron chi connectivity index (χ1n) is 5.16. The summed E-state index contributed by atoms with van der Waals surface area (Å²) in [6, 6.07) is 1.84. The minimum Gasteiger partial charge on any atom is -0.472 e. The Kier molecular flexibility index (Phi) is 3.85. The van der Waals surface area contributed by atoms with E-state index in [1.807, 2.05) is 6.07 Å². The number of hydrogen-bond donors (Lipinski definition) is 1. The van der Waals surface area contributed by atoms with Crippen molar-refractivity contribution in [3.05, 3.63) is 45.2 Å². The molecule has 0 atom stereocenters. The highest BCUT2D eigenvalue weighted by molar-refractivity contribution is 9.10. The SMILES string of the molecule is C#CCn1ncc(NCc2ccoc2)c(Br)c1=O. The maximum atomic E-state index is 11.8. The van der Waals surface area contributed by atoms with E-state index < -0.39 is 0 Å². The maximum Gasteiger partial charge on any atom is 0.284 e. The molecule has 0 unspecified atom stereocenters. The number of aromatic nitrogens is 2. The Morgan fingerprint density at radius 3 is 3.11 bits per heavy atom. The fourth-order valence-corrected chi connectivity index (χ4v) is 1.83. The van der Waals surface area contributed by atoms with Gasteiger partial charge >= 0.3 is 0 Å². The van der Waals surface area contributed by atoms with Crippen molar-refractivity contribution in [3.63, 3.8) is 0 Å². The van der Waals surface area contributed by atoms with E-state index in [4.69, 9.17) is 10.8 Å². The highest BCUT2D eigenvalue weighted by Crippen LogP contribution is 2.17. The molecule has 2 aromatic rings. The van der Waals surface area contributed by atoms with Crippen molar-refractivity contribution in [2.75, 3.05) is 5.32 Å². The first kappa shape index (κ1) is 12.5. The smallest absolute Gasteiger partial charge is 0.284 e. The Labute approximate surface area is 112 Å². The third-order valence-electron chi connectivity index (χ3n) is 2.29. The van der Waals surface area contributed by atoms with Crippen LogP contribution >= 0.6 is 15.9 Å². The number of halogens is 1. The molecule has 0 aliphatic heterocycles. The average Bonchev–Trinajstić information content (AvgIpc) is 2.87. The molecule has 2 rings (SSSR count). The van der Waals surface area contributed by atoms with Crippen LogP contribution in [0.1, 0.15) is 5.56 Å². The summed E-state index contributed by atoms with van der Waals surface area (Å²) in [5.41, 5.74) is 1.34. The molecular weight excluding hydrogens is 298 g/mol. The molecule has 1 N–H and O–H groups in total. The summed E-state index contributed by atoms with van der Waals surface area (Å²) < 4.78 is 6.58. The molecular formula is C12H10BrN3O2. The number of nitrogens with one attached hydrogen (secondary N) is 1. The minimum atomic E-state index is -0.259. The van der Waals surface area contributed by atoms with Crippen LogP contribution in [0.25, 0.3) is 0 Å². The van der Waals surface area contributed by atoms with Crippen molar-refractivity contribution in [2.45, 2.75) is 13.1 Å². The number of terminal acetylenes is 1. The molecule has 0 aliphatic rings. The molecule has 18 heavy (non-hydrogen) atoms. The molecule has 0 aromatic carbocycles. The molecule has 0 saturated carbocycles. The van der Waals surface area contributed by atoms with E-state index in [0.29, 0.717) is 16.7 Å². The summed E-state index contributed by atoms with van der Waals surface area (Å²) >= 11 is 3.24. The van der Waals surface area contributed by atoms with Gasteiger partial charge in [-0.1, -0.05) is 5.92 Å². The van der Waals surface area contributed by atoms with Gasteiger partial charge in [-0.15, -0.1) is 6.42 Å². The molecule has 6 heteroatoms. The molecule has 92 valence electrons. The van der Waals surface area contributed by atoms with E-state index in [9.17, 15) is 4.79 Å². The van der Waals surface area contributed by atoms with Gasteiger partial charge in [-0.05, 0) is 22.0 Å². The topological polar surface area (TPSA) is 60.1 Å². The second-order valence-corrected chi connectivity index (χ2v) is 4.32. The van der Waals surface area contributed by atoms with Crippen LogP contribution in [0.2, 0.25) is 0 Å². The molecule has 0 spiro atoms. The Balaban J connectivity index is 2.17. The zero-order chi connectivity index (χ0) is 13.0. The minimum absolute atomic E-state index is 0.152. The Bertz CT molecular complexity index is 626. The Hall–Kier alpha value is -2.00. The molecule has 0 fully saturated rings. The maximum absolute atomic E-state index is 11.8. The van der Waals surface area contributed by atoms with E-state index in [1.165, 1.54) is 4.68 Å². The third kappa shape index (κ3) is 2.63. The predicted molar refractivity (Wildman–Crippen MR) is 71.1 cm³/mol. The lowest BCUT2D eigenvalue weighted by atomic mass is 10.3. The van der Waals surface area contributed by atoms with Crippen LogP contribution in [0.5, 0.6) is 0 Å². The van der Waals surface area contributed by atoms with Crippen LogP contribution in [0, 0.1) is 12.3 Å². The average molecular weight is 308 g/mol. The molecule has 0 aliphatic carbocycles. The van der Waals surface area contributed by atoms with Crippen molar-refractivity contribution < 1.29 is 4.42 Å². The second-order valence-electron chi connectivity index (χ2n) is 3.52. The van der Waals surface area contributed by atoms with Crippen molar-refractivity contribution in [1.29, 1.82) is 0 Å². The summed E-state index contributed by atoms with van der Waals surface area (Å²) in [6.45, 7) is 0.703. The van der Waals surface area contributed by atoms with E-state index in [2.05, 4.69) is 32.3 Å². The lowest BCUT2D eigenvalue weighted by Crippen LogP contribution is -2.24. The highest BCUT2D eigenvalue weighted by atomic mass is 79.9. The van der Waals surface area contributed by atoms with Crippen LogP contribution in [0.3, 0.4) is 0 Å². The predicted octanol–water partition coefficient (Wildman–Crippen LogP) is 1.84. The van der Waals surface area contributed by atoms with E-state index >= 15 is 0 Å². The lowest BCUT2D eigenvalue weighted by Gasteiger charge is -2.08. The number of nitrogens with zero attached hydrogens (tertiary/aromatic N) is 2. The largest absolute Gasteiger partial charge is 0.472 e. The molecule has 2 aromatic heterocycles. The van der Waals surface area contributed by atoms with Crippen LogP contribution in [0.4, 0.5) is 5.69 Å². The van der Waals surface area contributed by atoms with E-state index in [0.717, 1.165) is 5.56 Å². The fourth-order valence-electron chi connectivity index (χ4n) is 1.38. The zero-order valence-electron chi connectivity index (χ0n) is 9.39. The van der Waals surface area contributed by atoms with Crippen molar-refractivity contribution in [3.8, 4) is 12.3 Å². The van der Waals surface area contributed by atoms with Gasteiger partial charge in [0.1, 0.15) is 11.0 Å². The van der Waals surface area contributed by atoms with Crippen LogP contribution in [-0.4, -0.2) is 9.78 Å². The summed E-state index contributed by atoms with van der Waals surface area (Å²) in [5, 5.41) is 7.07. The van der Waals surface area contributed by atoms with Crippen molar-refractivity contribution in [1.82, 2.24) is 9.78 Å². The van der Waals surface area contributed by atoms with Crippen LogP contribution in [0.15, 0.2) is 38.5 Å². The number of anilines is 1. The van der Waals surface area contributed by atoms with Gasteiger partial charge in [-0.3, -0.25) is 4.79 Å². The van der Waals surface area contributed by atoms with Gasteiger partial charge in [0.25, 0.3) is 5.56 Å². The van der Waals surface area contributed by atoms with Crippen LogP contribution in [-0.2, 0) is 13.1 Å². The molecule has 0 radical (unpaired) electrons. The van der Waals surface area contributed by atoms with E-state index in [1.54, 1.807) is 18.7 Å². The summed E-state index contributed by atoms with van der Waals surface area (Å²) in [4.78, 5) is 11.8. The normalized spacial score (nSPS) is 10.0. The summed E-state index contributed by atoms with van der Waals surface area (Å²) in [7, 11) is 0. The van der Waals surface area contributed by atoms with Crippen LogP contribution < -0.4 is 10.9 Å². The van der Waals surface area contributed by atoms with Gasteiger partial charge in [0.2, 0.25) is 0 Å². The van der Waals surface area contributed by atoms with Gasteiger partial charge in [0.05, 0.1) is 24.4 Å². The van der Waals surface area contributed by atoms with Gasteiger partial charge in [-0.25, -0.2) is 4.68 Å². The quantitative estimate of drug-likeness (QED) is 0.876. The second kappa shape index (κ2) is 5.56. The summed E-state index contributed by atoms with van der Waals surface area (Å²) in [5.74, 6) is 2.37. The van der Waals surface area contributed by atoms with Crippen molar-refractivity contribution >= 4 is 21.6 Å². The molecule has 0 amide bonds. The molecule has 5 nitrogen and oxygen atoms in total. The highest BCUT2D eigenvalue weighted by Gasteiger charge is 2.08. The Morgan fingerprint density at radius 2 is 2.44 bits per heavy atom. The van der Waals surface area contributed by atoms with E-state index in [-0.39, 0.29) is 12.1 Å². The first-order chi connectivity index (χ1) is 8.72. The van der Waals surface area contributed by atoms with Gasteiger partial charge < -0.3 is 9.73 Å². The lowest BCUT2D eigenvalue weighted by molar-refractivity contribution is 0.564. The van der Waals surface area contributed by atoms with Crippen molar-refractivity contribution in [2.24, 2.45) is 0 Å². The molecule has 0 bridgehead atoms.